The highest BCUT2D eigenvalue weighted by Gasteiger charge is 2.28. The van der Waals surface area contributed by atoms with Crippen molar-refractivity contribution in [1.82, 2.24) is 10.2 Å². The molecule has 1 aliphatic carbocycles. The van der Waals surface area contributed by atoms with Crippen molar-refractivity contribution in [3.63, 3.8) is 0 Å². The Balaban J connectivity index is 2.10. The van der Waals surface area contributed by atoms with Crippen LogP contribution in [0.1, 0.15) is 26.7 Å². The molecule has 0 aliphatic heterocycles. The van der Waals surface area contributed by atoms with Gasteiger partial charge in [0.1, 0.15) is 0 Å². The Bertz CT molecular complexity index is 216. The molecule has 2 unspecified atom stereocenters. The van der Waals surface area contributed by atoms with Crippen LogP contribution in [0.4, 0.5) is 0 Å². The molecule has 15 heavy (non-hydrogen) atoms. The van der Waals surface area contributed by atoms with Crippen LogP contribution >= 0.6 is 0 Å². The summed E-state index contributed by atoms with van der Waals surface area (Å²) in [5.41, 5.74) is 5.18. The number of primary amides is 1. The van der Waals surface area contributed by atoms with E-state index in [2.05, 4.69) is 24.2 Å². The smallest absolute Gasteiger partial charge is 0.221 e. The van der Waals surface area contributed by atoms with Crippen molar-refractivity contribution in [3.05, 3.63) is 0 Å². The largest absolute Gasteiger partial charge is 0.369 e. The topological polar surface area (TPSA) is 58.4 Å². The van der Waals surface area contributed by atoms with Crippen LogP contribution in [-0.4, -0.2) is 43.0 Å². The van der Waals surface area contributed by atoms with Crippen LogP contribution in [-0.2, 0) is 4.79 Å². The third-order valence-electron chi connectivity index (χ3n) is 3.19. The average Bonchev–Trinajstić information content (AvgIpc) is 2.99. The van der Waals surface area contributed by atoms with E-state index in [1.54, 1.807) is 0 Å². The predicted octanol–water partition coefficient (Wildman–Crippen LogP) is 0.180. The second-order valence-corrected chi connectivity index (χ2v) is 4.71. The van der Waals surface area contributed by atoms with E-state index in [0.29, 0.717) is 12.6 Å². The van der Waals surface area contributed by atoms with Gasteiger partial charge in [-0.1, -0.05) is 6.92 Å². The van der Waals surface area contributed by atoms with Crippen molar-refractivity contribution in [3.8, 4) is 0 Å². The first-order chi connectivity index (χ1) is 7.02. The molecule has 0 saturated heterocycles. The summed E-state index contributed by atoms with van der Waals surface area (Å²) in [6.45, 7) is 5.66. The predicted molar refractivity (Wildman–Crippen MR) is 61.5 cm³/mol. The Hall–Kier alpha value is -0.610. The lowest BCUT2D eigenvalue weighted by atomic mass is 10.1. The van der Waals surface area contributed by atoms with E-state index in [1.807, 2.05) is 6.92 Å². The molecule has 2 atom stereocenters. The summed E-state index contributed by atoms with van der Waals surface area (Å²) < 4.78 is 0. The van der Waals surface area contributed by atoms with Gasteiger partial charge in [0, 0.05) is 31.1 Å². The monoisotopic (exact) mass is 213 g/mol. The molecular weight excluding hydrogens is 190 g/mol. The molecule has 0 aromatic carbocycles. The molecule has 88 valence electrons. The molecule has 1 rings (SSSR count). The molecule has 0 radical (unpaired) electrons. The van der Waals surface area contributed by atoms with Gasteiger partial charge in [0.2, 0.25) is 5.91 Å². The van der Waals surface area contributed by atoms with Gasteiger partial charge in [0.05, 0.1) is 0 Å². The first-order valence-corrected chi connectivity index (χ1v) is 5.74. The van der Waals surface area contributed by atoms with E-state index >= 15 is 0 Å². The van der Waals surface area contributed by atoms with Crippen LogP contribution in [0.15, 0.2) is 0 Å². The fourth-order valence-electron chi connectivity index (χ4n) is 1.60. The Kier molecular flexibility index (Phi) is 4.54. The third kappa shape index (κ3) is 4.18. The van der Waals surface area contributed by atoms with E-state index in [-0.39, 0.29) is 11.8 Å². The summed E-state index contributed by atoms with van der Waals surface area (Å²) in [4.78, 5) is 13.2. The Morgan fingerprint density at radius 1 is 1.47 bits per heavy atom. The molecule has 1 aliphatic rings. The van der Waals surface area contributed by atoms with Gasteiger partial charge in [-0.25, -0.2) is 0 Å². The van der Waals surface area contributed by atoms with Crippen LogP contribution in [0.25, 0.3) is 0 Å². The van der Waals surface area contributed by atoms with Crippen molar-refractivity contribution >= 4 is 5.91 Å². The number of nitrogens with one attached hydrogen (secondary N) is 1. The summed E-state index contributed by atoms with van der Waals surface area (Å²) >= 11 is 0. The number of nitrogens with zero attached hydrogens (tertiary/aromatic N) is 1. The number of nitrogens with two attached hydrogens (primary N) is 1. The average molecular weight is 213 g/mol. The maximum absolute atomic E-state index is 10.8. The normalized spacial score (nSPS) is 20.3. The summed E-state index contributed by atoms with van der Waals surface area (Å²) in [6.07, 6.45) is 2.66. The number of rotatable bonds is 7. The third-order valence-corrected chi connectivity index (χ3v) is 3.19. The zero-order chi connectivity index (χ0) is 11.4. The second-order valence-electron chi connectivity index (χ2n) is 4.71. The first-order valence-electron chi connectivity index (χ1n) is 5.74. The molecule has 4 heteroatoms. The lowest BCUT2D eigenvalue weighted by molar-refractivity contribution is -0.121. The van der Waals surface area contributed by atoms with Crippen molar-refractivity contribution in [2.75, 3.05) is 20.1 Å². The molecule has 0 aromatic rings. The van der Waals surface area contributed by atoms with Gasteiger partial charge in [-0.15, -0.1) is 0 Å². The number of amides is 1. The SMILES string of the molecule is CC(CNCC(C)N(C)C1CC1)C(N)=O. The number of carbonyl (C=O) groups excluding carboxylic acids is 1. The van der Waals surface area contributed by atoms with E-state index in [9.17, 15) is 4.79 Å². The van der Waals surface area contributed by atoms with Gasteiger partial charge in [0.15, 0.2) is 0 Å². The van der Waals surface area contributed by atoms with Gasteiger partial charge >= 0.3 is 0 Å². The molecule has 4 nitrogen and oxygen atoms in total. The van der Waals surface area contributed by atoms with E-state index in [0.717, 1.165) is 12.6 Å². The molecule has 0 aromatic heterocycles. The molecular formula is C11H23N3O. The quantitative estimate of drug-likeness (QED) is 0.634. The fraction of sp³-hybridized carbons (Fsp3) is 0.909. The van der Waals surface area contributed by atoms with E-state index in [1.165, 1.54) is 12.8 Å². The fourth-order valence-corrected chi connectivity index (χ4v) is 1.60. The van der Waals surface area contributed by atoms with Crippen molar-refractivity contribution in [1.29, 1.82) is 0 Å². The van der Waals surface area contributed by atoms with Crippen LogP contribution in [0.5, 0.6) is 0 Å². The lowest BCUT2D eigenvalue weighted by Crippen LogP contribution is -2.41. The maximum Gasteiger partial charge on any atom is 0.221 e. The molecule has 1 fully saturated rings. The lowest BCUT2D eigenvalue weighted by Gasteiger charge is -2.25. The van der Waals surface area contributed by atoms with Gasteiger partial charge in [0.25, 0.3) is 0 Å². The molecule has 0 heterocycles. The minimum atomic E-state index is -0.231. The van der Waals surface area contributed by atoms with Crippen LogP contribution in [0.3, 0.4) is 0 Å². The maximum atomic E-state index is 10.8. The highest BCUT2D eigenvalue weighted by molar-refractivity contribution is 5.76. The molecule has 3 N–H and O–H groups in total. The van der Waals surface area contributed by atoms with Crippen molar-refractivity contribution in [2.45, 2.75) is 38.8 Å². The summed E-state index contributed by atoms with van der Waals surface area (Å²) in [5.74, 6) is -0.311. The second kappa shape index (κ2) is 5.47. The number of hydrogen-bond acceptors (Lipinski definition) is 3. The van der Waals surface area contributed by atoms with Gasteiger partial charge in [-0.3, -0.25) is 9.69 Å². The highest BCUT2D eigenvalue weighted by atomic mass is 16.1. The van der Waals surface area contributed by atoms with Crippen LogP contribution in [0, 0.1) is 5.92 Å². The van der Waals surface area contributed by atoms with Gasteiger partial charge in [-0.2, -0.15) is 0 Å². The van der Waals surface area contributed by atoms with Crippen LogP contribution < -0.4 is 11.1 Å². The zero-order valence-electron chi connectivity index (χ0n) is 9.99. The summed E-state index contributed by atoms with van der Waals surface area (Å²) in [5, 5.41) is 3.29. The molecule has 1 saturated carbocycles. The van der Waals surface area contributed by atoms with Crippen molar-refractivity contribution < 1.29 is 4.79 Å². The number of likely N-dealkylation sites (N-methyl/N-ethyl adjacent to an activating group) is 1. The Labute approximate surface area is 92.2 Å². The molecule has 0 bridgehead atoms. The van der Waals surface area contributed by atoms with E-state index in [4.69, 9.17) is 5.73 Å². The molecule has 1 amide bonds. The van der Waals surface area contributed by atoms with Gasteiger partial charge < -0.3 is 11.1 Å². The standard InChI is InChI=1S/C11H23N3O/c1-8(11(12)15)6-13-7-9(2)14(3)10-4-5-10/h8-10,13H,4-7H2,1-3H3,(H2,12,15). The zero-order valence-corrected chi connectivity index (χ0v) is 9.99. The van der Waals surface area contributed by atoms with Crippen molar-refractivity contribution in [2.24, 2.45) is 11.7 Å². The minimum absolute atomic E-state index is 0.0802. The van der Waals surface area contributed by atoms with E-state index < -0.39 is 0 Å². The number of hydrogen-bond donors (Lipinski definition) is 2. The Morgan fingerprint density at radius 2 is 2.07 bits per heavy atom. The Morgan fingerprint density at radius 3 is 2.53 bits per heavy atom. The highest BCUT2D eigenvalue weighted by Crippen LogP contribution is 2.26. The van der Waals surface area contributed by atoms with Gasteiger partial charge in [-0.05, 0) is 26.8 Å². The minimum Gasteiger partial charge on any atom is -0.369 e. The number of carbonyl (C=O) groups is 1. The first kappa shape index (κ1) is 12.5. The summed E-state index contributed by atoms with van der Waals surface area (Å²) in [6, 6.07) is 1.31. The van der Waals surface area contributed by atoms with Crippen LogP contribution in [0.2, 0.25) is 0 Å². The summed E-state index contributed by atoms with van der Waals surface area (Å²) in [7, 11) is 2.17. The molecule has 0 spiro atoms.